The van der Waals surface area contributed by atoms with Crippen LogP contribution in [0.1, 0.15) is 80.5 Å². The fraction of sp³-hybridized carbons (Fsp3) is 0.542. The van der Waals surface area contributed by atoms with Crippen molar-refractivity contribution in [2.45, 2.75) is 65.8 Å². The lowest BCUT2D eigenvalue weighted by Gasteiger charge is -2.34. The Morgan fingerprint density at radius 2 is 1.73 bits per heavy atom. The summed E-state index contributed by atoms with van der Waals surface area (Å²) in [5.41, 5.74) is 1.31. The molecule has 1 aliphatic carbocycles. The fourth-order valence-corrected chi connectivity index (χ4v) is 4.27. The van der Waals surface area contributed by atoms with Crippen LogP contribution in [0.2, 0.25) is 0 Å². The number of ketones is 2. The minimum absolute atomic E-state index is 0.0651. The van der Waals surface area contributed by atoms with E-state index < -0.39 is 5.92 Å². The number of aliphatic imine (C=N–C) groups is 1. The van der Waals surface area contributed by atoms with E-state index in [0.29, 0.717) is 36.1 Å². The van der Waals surface area contributed by atoms with Crippen molar-refractivity contribution in [3.05, 3.63) is 35.4 Å². The zero-order valence-corrected chi connectivity index (χ0v) is 18.2. The van der Waals surface area contributed by atoms with Gasteiger partial charge < -0.3 is 0 Å². The highest BCUT2D eigenvalue weighted by Gasteiger charge is 2.42. The lowest BCUT2D eigenvalue weighted by Crippen LogP contribution is -2.42. The van der Waals surface area contributed by atoms with Crippen molar-refractivity contribution in [3.63, 3.8) is 0 Å². The third kappa shape index (κ3) is 4.42. The van der Waals surface area contributed by atoms with E-state index in [0.717, 1.165) is 6.42 Å². The summed E-state index contributed by atoms with van der Waals surface area (Å²) in [6, 6.07) is 6.80. The van der Waals surface area contributed by atoms with Gasteiger partial charge in [-0.05, 0) is 43.7 Å². The number of hydrogen-bond donors (Lipinski definition) is 0. The van der Waals surface area contributed by atoms with Gasteiger partial charge in [-0.3, -0.25) is 29.1 Å². The Bertz CT molecular complexity index is 881. The third-order valence-electron chi connectivity index (χ3n) is 5.95. The van der Waals surface area contributed by atoms with Crippen LogP contribution in [0, 0.1) is 11.3 Å². The fourth-order valence-electron chi connectivity index (χ4n) is 4.27. The maximum Gasteiger partial charge on any atom is 0.261 e. The monoisotopic (exact) mass is 410 g/mol. The van der Waals surface area contributed by atoms with Crippen molar-refractivity contribution < 1.29 is 19.2 Å². The molecule has 0 spiro atoms. The molecule has 3 rings (SSSR count). The molecule has 0 N–H and O–H groups in total. The highest BCUT2D eigenvalue weighted by Crippen LogP contribution is 2.36. The van der Waals surface area contributed by atoms with Crippen molar-refractivity contribution in [1.29, 1.82) is 0 Å². The molecule has 0 radical (unpaired) electrons. The Morgan fingerprint density at radius 1 is 1.13 bits per heavy atom. The Balaban J connectivity index is 1.66. The molecule has 1 saturated carbocycles. The molecule has 0 bridgehead atoms. The van der Waals surface area contributed by atoms with E-state index in [2.05, 4.69) is 0 Å². The summed E-state index contributed by atoms with van der Waals surface area (Å²) in [7, 11) is 0. The van der Waals surface area contributed by atoms with E-state index in [1.54, 1.807) is 24.3 Å². The van der Waals surface area contributed by atoms with Crippen molar-refractivity contribution in [1.82, 2.24) is 4.90 Å². The highest BCUT2D eigenvalue weighted by molar-refractivity contribution is 6.23. The Labute approximate surface area is 177 Å². The maximum atomic E-state index is 13.0. The molecule has 30 heavy (non-hydrogen) atoms. The van der Waals surface area contributed by atoms with E-state index in [-0.39, 0.29) is 47.8 Å². The number of fused-ring (bicyclic) bond motifs is 1. The van der Waals surface area contributed by atoms with Gasteiger partial charge in [0.2, 0.25) is 0 Å². The van der Waals surface area contributed by atoms with Crippen LogP contribution < -0.4 is 0 Å². The number of rotatable bonds is 7. The molecule has 160 valence electrons. The number of amides is 2. The molecule has 1 fully saturated rings. The number of nitrogens with zero attached hydrogens (tertiary/aromatic N) is 2. The van der Waals surface area contributed by atoms with Gasteiger partial charge in [-0.1, -0.05) is 32.9 Å². The molecule has 1 aliphatic heterocycles. The van der Waals surface area contributed by atoms with E-state index in [9.17, 15) is 19.2 Å². The van der Waals surface area contributed by atoms with Crippen LogP contribution in [-0.2, 0) is 9.59 Å². The van der Waals surface area contributed by atoms with Crippen molar-refractivity contribution in [3.8, 4) is 0 Å². The Morgan fingerprint density at radius 3 is 2.30 bits per heavy atom. The number of imide groups is 1. The first kappa shape index (κ1) is 22.1. The molecule has 2 amide bonds. The number of hydrogen-bond acceptors (Lipinski definition) is 5. The van der Waals surface area contributed by atoms with E-state index >= 15 is 0 Å². The Hall–Kier alpha value is -2.63. The quantitative estimate of drug-likeness (QED) is 0.504. The van der Waals surface area contributed by atoms with E-state index in [1.165, 1.54) is 4.90 Å². The van der Waals surface area contributed by atoms with Gasteiger partial charge >= 0.3 is 0 Å². The summed E-state index contributed by atoms with van der Waals surface area (Å²) < 4.78 is 0. The van der Waals surface area contributed by atoms with Gasteiger partial charge in [0.15, 0.2) is 0 Å². The average Bonchev–Trinajstić information content (AvgIpc) is 2.91. The lowest BCUT2D eigenvalue weighted by molar-refractivity contribution is -0.132. The molecule has 0 aromatic heterocycles. The van der Waals surface area contributed by atoms with Crippen LogP contribution >= 0.6 is 0 Å². The summed E-state index contributed by atoms with van der Waals surface area (Å²) in [6.45, 7) is 8.24. The molecule has 2 atom stereocenters. The standard InChI is InChI=1S/C24H30N2O4/c1-5-15(2)25-18-13-24(3,4)14-20(28)21(18)19(27)11-8-12-26-22(29)16-9-6-7-10-17(16)23(26)30/h6-7,9-10,15,21H,5,8,11-14H2,1-4H3/t15-,21?/m0/s1. The smallest absolute Gasteiger partial charge is 0.261 e. The number of benzene rings is 1. The summed E-state index contributed by atoms with van der Waals surface area (Å²) in [5.74, 6) is -1.66. The van der Waals surface area contributed by atoms with Crippen molar-refractivity contribution >= 4 is 29.1 Å². The average molecular weight is 411 g/mol. The lowest BCUT2D eigenvalue weighted by atomic mass is 9.69. The number of carbonyl (C=O) groups excluding carboxylic acids is 4. The first-order valence-corrected chi connectivity index (χ1v) is 10.7. The maximum absolute atomic E-state index is 13.0. The summed E-state index contributed by atoms with van der Waals surface area (Å²) in [4.78, 5) is 56.6. The third-order valence-corrected chi connectivity index (χ3v) is 5.95. The topological polar surface area (TPSA) is 83.9 Å². The molecule has 1 heterocycles. The molecule has 6 nitrogen and oxygen atoms in total. The molecular weight excluding hydrogens is 380 g/mol. The van der Waals surface area contributed by atoms with Crippen LogP contribution in [-0.4, -0.2) is 46.6 Å². The van der Waals surface area contributed by atoms with Crippen LogP contribution in [0.3, 0.4) is 0 Å². The first-order valence-electron chi connectivity index (χ1n) is 10.7. The molecule has 2 aliphatic rings. The zero-order chi connectivity index (χ0) is 22.1. The minimum Gasteiger partial charge on any atom is -0.298 e. The first-order chi connectivity index (χ1) is 14.1. The van der Waals surface area contributed by atoms with Gasteiger partial charge in [0.25, 0.3) is 11.8 Å². The van der Waals surface area contributed by atoms with Gasteiger partial charge in [-0.2, -0.15) is 0 Å². The number of carbonyl (C=O) groups is 4. The van der Waals surface area contributed by atoms with Crippen LogP contribution in [0.5, 0.6) is 0 Å². The minimum atomic E-state index is -0.783. The van der Waals surface area contributed by atoms with E-state index in [1.807, 2.05) is 27.7 Å². The summed E-state index contributed by atoms with van der Waals surface area (Å²) in [5, 5.41) is 0. The molecule has 1 aromatic rings. The van der Waals surface area contributed by atoms with Gasteiger partial charge in [0, 0.05) is 31.1 Å². The second-order valence-corrected chi connectivity index (χ2v) is 9.17. The molecule has 6 heteroatoms. The number of Topliss-reactive ketones (excluding diaryl/α,β-unsaturated/α-hetero) is 2. The Kier molecular flexibility index (Phi) is 6.34. The van der Waals surface area contributed by atoms with Crippen LogP contribution in [0.15, 0.2) is 29.3 Å². The van der Waals surface area contributed by atoms with Gasteiger partial charge in [-0.15, -0.1) is 0 Å². The van der Waals surface area contributed by atoms with Gasteiger partial charge in [0.1, 0.15) is 17.5 Å². The highest BCUT2D eigenvalue weighted by atomic mass is 16.2. The summed E-state index contributed by atoms with van der Waals surface area (Å²) >= 11 is 0. The molecule has 1 aromatic carbocycles. The predicted molar refractivity (Wildman–Crippen MR) is 115 cm³/mol. The normalized spacial score (nSPS) is 23.1. The largest absolute Gasteiger partial charge is 0.298 e. The SMILES string of the molecule is CC[C@H](C)N=C1CC(C)(C)CC(=O)C1C(=O)CCCN1C(=O)c2ccccc2C1=O. The summed E-state index contributed by atoms with van der Waals surface area (Å²) in [6.07, 6.45) is 2.33. The zero-order valence-electron chi connectivity index (χ0n) is 18.2. The molecular formula is C24H30N2O4. The molecule has 1 unspecified atom stereocenters. The van der Waals surface area contributed by atoms with Gasteiger partial charge in [-0.25, -0.2) is 0 Å². The second kappa shape index (κ2) is 8.62. The van der Waals surface area contributed by atoms with Gasteiger partial charge in [0.05, 0.1) is 11.1 Å². The van der Waals surface area contributed by atoms with Crippen LogP contribution in [0.4, 0.5) is 0 Å². The van der Waals surface area contributed by atoms with Crippen molar-refractivity contribution in [2.75, 3.05) is 6.54 Å². The van der Waals surface area contributed by atoms with Crippen LogP contribution in [0.25, 0.3) is 0 Å². The van der Waals surface area contributed by atoms with E-state index in [4.69, 9.17) is 4.99 Å². The van der Waals surface area contributed by atoms with Crippen molar-refractivity contribution in [2.24, 2.45) is 16.3 Å². The second-order valence-electron chi connectivity index (χ2n) is 9.17. The molecule has 0 saturated heterocycles. The predicted octanol–water partition coefficient (Wildman–Crippen LogP) is 3.88.